The number of thiazole rings is 1. The number of anilines is 1. The van der Waals surface area contributed by atoms with Crippen molar-refractivity contribution in [3.8, 4) is 0 Å². The van der Waals surface area contributed by atoms with Gasteiger partial charge in [-0.05, 0) is 66.2 Å². The SMILES string of the molecule is Cc1nc2ccc(NC(=O)c3ccc4c(c3)CN(C(=O)c3cnn5c3C(=O)N(Cc3cccs3)CC5)CC4)cc2s1. The van der Waals surface area contributed by atoms with Gasteiger partial charge in [0.15, 0.2) is 0 Å². The third-order valence-corrected chi connectivity index (χ3v) is 9.38. The summed E-state index contributed by atoms with van der Waals surface area (Å²) in [7, 11) is 0. The third-order valence-electron chi connectivity index (χ3n) is 7.59. The van der Waals surface area contributed by atoms with Gasteiger partial charge in [0.05, 0.1) is 40.1 Å². The van der Waals surface area contributed by atoms with E-state index in [4.69, 9.17) is 0 Å². The lowest BCUT2D eigenvalue weighted by Gasteiger charge is -2.31. The molecule has 2 aromatic carbocycles. The van der Waals surface area contributed by atoms with Crippen molar-refractivity contribution in [1.82, 2.24) is 24.6 Å². The summed E-state index contributed by atoms with van der Waals surface area (Å²) in [6.07, 6.45) is 2.19. The van der Waals surface area contributed by atoms with Crippen molar-refractivity contribution in [1.29, 1.82) is 0 Å². The molecule has 0 spiro atoms. The molecule has 2 aliphatic rings. The summed E-state index contributed by atoms with van der Waals surface area (Å²) in [5.41, 5.74) is 4.88. The highest BCUT2D eigenvalue weighted by Gasteiger charge is 2.33. The van der Waals surface area contributed by atoms with Gasteiger partial charge in [0.25, 0.3) is 17.7 Å². The molecule has 206 valence electrons. The normalized spacial score (nSPS) is 14.7. The zero-order chi connectivity index (χ0) is 28.1. The second kappa shape index (κ2) is 10.2. The van der Waals surface area contributed by atoms with Crippen LogP contribution in [0, 0.1) is 6.92 Å². The number of carbonyl (C=O) groups excluding carboxylic acids is 3. The van der Waals surface area contributed by atoms with E-state index in [9.17, 15) is 14.4 Å². The minimum atomic E-state index is -0.216. The van der Waals surface area contributed by atoms with Crippen molar-refractivity contribution >= 4 is 56.3 Å². The largest absolute Gasteiger partial charge is 0.334 e. The second-order valence-corrected chi connectivity index (χ2v) is 12.5. The number of fused-ring (bicyclic) bond motifs is 3. The lowest BCUT2D eigenvalue weighted by molar-refractivity contribution is 0.0660. The fourth-order valence-corrected chi connectivity index (χ4v) is 7.09. The number of nitrogens with zero attached hydrogens (tertiary/aromatic N) is 5. The van der Waals surface area contributed by atoms with Crippen LogP contribution >= 0.6 is 22.7 Å². The van der Waals surface area contributed by atoms with Crippen LogP contribution in [-0.2, 0) is 26.1 Å². The Labute approximate surface area is 244 Å². The van der Waals surface area contributed by atoms with Crippen LogP contribution in [0.3, 0.4) is 0 Å². The molecule has 1 N–H and O–H groups in total. The van der Waals surface area contributed by atoms with Gasteiger partial charge in [-0.25, -0.2) is 4.98 Å². The number of thiophene rings is 1. The molecule has 2 aliphatic heterocycles. The number of carbonyl (C=O) groups is 3. The Hall–Kier alpha value is -4.35. The molecule has 5 aromatic rings. The first-order chi connectivity index (χ1) is 19.9. The van der Waals surface area contributed by atoms with E-state index in [0.29, 0.717) is 61.7 Å². The Morgan fingerprint density at radius 3 is 2.80 bits per heavy atom. The summed E-state index contributed by atoms with van der Waals surface area (Å²) >= 11 is 3.20. The van der Waals surface area contributed by atoms with E-state index >= 15 is 0 Å². The number of hydrogen-bond donors (Lipinski definition) is 1. The molecule has 0 unspecified atom stereocenters. The monoisotopic (exact) mass is 582 g/mol. The van der Waals surface area contributed by atoms with Gasteiger partial charge in [0, 0.05) is 35.8 Å². The van der Waals surface area contributed by atoms with Gasteiger partial charge in [0.1, 0.15) is 5.69 Å². The van der Waals surface area contributed by atoms with Crippen LogP contribution in [0.25, 0.3) is 10.2 Å². The average Bonchev–Trinajstić information content (AvgIpc) is 3.73. The van der Waals surface area contributed by atoms with E-state index in [0.717, 1.165) is 31.2 Å². The lowest BCUT2D eigenvalue weighted by atomic mass is 9.96. The van der Waals surface area contributed by atoms with E-state index in [2.05, 4.69) is 15.4 Å². The molecule has 0 aliphatic carbocycles. The van der Waals surface area contributed by atoms with Crippen LogP contribution in [0.15, 0.2) is 60.1 Å². The minimum Gasteiger partial charge on any atom is -0.334 e. The molecule has 0 radical (unpaired) electrons. The van der Waals surface area contributed by atoms with Crippen molar-refractivity contribution < 1.29 is 14.4 Å². The number of hydrogen-bond acceptors (Lipinski definition) is 7. The fraction of sp³-hybridized carbons (Fsp3) is 0.233. The standard InChI is InChI=1S/C30H26N6O3S2/c1-18-32-25-7-6-22(14-26(25)41-18)33-28(37)20-5-4-19-8-9-34(16-21(19)13-20)29(38)24-15-31-36-11-10-35(30(39)27(24)36)17-23-3-2-12-40-23/h2-7,12-15H,8-11,16-17H2,1H3,(H,33,37). The highest BCUT2D eigenvalue weighted by atomic mass is 32.1. The van der Waals surface area contributed by atoms with Gasteiger partial charge in [0.2, 0.25) is 0 Å². The van der Waals surface area contributed by atoms with Gasteiger partial charge in [-0.3, -0.25) is 19.1 Å². The van der Waals surface area contributed by atoms with Crippen LogP contribution in [-0.4, -0.2) is 55.4 Å². The summed E-state index contributed by atoms with van der Waals surface area (Å²) in [5, 5.41) is 10.3. The molecular weight excluding hydrogens is 557 g/mol. The number of benzene rings is 2. The Balaban J connectivity index is 1.08. The first-order valence-corrected chi connectivity index (χ1v) is 15.1. The molecule has 9 nitrogen and oxygen atoms in total. The van der Waals surface area contributed by atoms with Gasteiger partial charge in [-0.2, -0.15) is 5.10 Å². The summed E-state index contributed by atoms with van der Waals surface area (Å²) in [6.45, 7) is 4.48. The summed E-state index contributed by atoms with van der Waals surface area (Å²) < 4.78 is 2.67. The first-order valence-electron chi connectivity index (χ1n) is 13.4. The average molecular weight is 583 g/mol. The van der Waals surface area contributed by atoms with Gasteiger partial charge >= 0.3 is 0 Å². The quantitative estimate of drug-likeness (QED) is 0.316. The number of aromatic nitrogens is 3. The van der Waals surface area contributed by atoms with E-state index in [1.54, 1.807) is 37.2 Å². The summed E-state index contributed by atoms with van der Waals surface area (Å²) in [5.74, 6) is -0.598. The third kappa shape index (κ3) is 4.81. The molecule has 41 heavy (non-hydrogen) atoms. The maximum atomic E-state index is 13.7. The maximum absolute atomic E-state index is 13.7. The first kappa shape index (κ1) is 25.6. The molecule has 7 rings (SSSR count). The molecule has 0 bridgehead atoms. The van der Waals surface area contributed by atoms with Crippen molar-refractivity contribution in [2.24, 2.45) is 0 Å². The van der Waals surface area contributed by atoms with Crippen molar-refractivity contribution in [3.05, 3.63) is 97.9 Å². The lowest BCUT2D eigenvalue weighted by Crippen LogP contribution is -2.42. The summed E-state index contributed by atoms with van der Waals surface area (Å²) in [6, 6.07) is 15.3. The predicted octanol–water partition coefficient (Wildman–Crippen LogP) is 4.97. The van der Waals surface area contributed by atoms with Gasteiger partial charge in [-0.15, -0.1) is 22.7 Å². The van der Waals surface area contributed by atoms with Crippen LogP contribution in [0.1, 0.15) is 52.2 Å². The van der Waals surface area contributed by atoms with Crippen molar-refractivity contribution in [2.75, 3.05) is 18.4 Å². The topological polar surface area (TPSA) is 100 Å². The number of rotatable bonds is 5. The molecule has 0 saturated heterocycles. The number of amides is 3. The highest BCUT2D eigenvalue weighted by Crippen LogP contribution is 2.27. The summed E-state index contributed by atoms with van der Waals surface area (Å²) in [4.78, 5) is 49.3. The Bertz CT molecular complexity index is 1820. The Kier molecular flexibility index (Phi) is 6.40. The smallest absolute Gasteiger partial charge is 0.273 e. The number of nitrogens with one attached hydrogen (secondary N) is 1. The van der Waals surface area contributed by atoms with Crippen LogP contribution in [0.5, 0.6) is 0 Å². The molecule has 0 atom stereocenters. The fourth-order valence-electron chi connectivity index (χ4n) is 5.51. The Morgan fingerprint density at radius 2 is 1.95 bits per heavy atom. The predicted molar refractivity (Wildman–Crippen MR) is 158 cm³/mol. The van der Waals surface area contributed by atoms with Gasteiger partial charge < -0.3 is 15.1 Å². The minimum absolute atomic E-state index is 0.173. The zero-order valence-corrected chi connectivity index (χ0v) is 23.9. The van der Waals surface area contributed by atoms with Crippen molar-refractivity contribution in [3.63, 3.8) is 0 Å². The van der Waals surface area contributed by atoms with E-state index in [1.807, 2.05) is 60.8 Å². The maximum Gasteiger partial charge on any atom is 0.273 e. The molecule has 0 saturated carbocycles. The van der Waals surface area contributed by atoms with E-state index < -0.39 is 0 Å². The molecule has 0 fully saturated rings. The Morgan fingerprint density at radius 1 is 1.05 bits per heavy atom. The molecule has 11 heteroatoms. The molecule has 3 aromatic heterocycles. The van der Waals surface area contributed by atoms with E-state index in [-0.39, 0.29) is 17.7 Å². The molecule has 5 heterocycles. The van der Waals surface area contributed by atoms with Crippen LogP contribution in [0.2, 0.25) is 0 Å². The van der Waals surface area contributed by atoms with Crippen LogP contribution < -0.4 is 5.32 Å². The zero-order valence-electron chi connectivity index (χ0n) is 22.3. The molecular formula is C30H26N6O3S2. The number of aryl methyl sites for hydroxylation is 1. The van der Waals surface area contributed by atoms with Gasteiger partial charge in [-0.1, -0.05) is 12.1 Å². The highest BCUT2D eigenvalue weighted by molar-refractivity contribution is 7.18. The van der Waals surface area contributed by atoms with Crippen molar-refractivity contribution in [2.45, 2.75) is 33.0 Å². The van der Waals surface area contributed by atoms with E-state index in [1.165, 1.54) is 6.20 Å². The second-order valence-electron chi connectivity index (χ2n) is 10.3. The van der Waals surface area contributed by atoms with Crippen LogP contribution in [0.4, 0.5) is 5.69 Å². The molecule has 3 amide bonds.